The number of ether oxygens (including phenoxy) is 3. The zero-order chi connectivity index (χ0) is 18.8. The van der Waals surface area contributed by atoms with Crippen molar-refractivity contribution in [2.24, 2.45) is 5.92 Å². The van der Waals surface area contributed by atoms with Gasteiger partial charge in [0.2, 0.25) is 0 Å². The molecule has 0 radical (unpaired) electrons. The molecule has 4 heteroatoms. The van der Waals surface area contributed by atoms with Crippen molar-refractivity contribution in [2.45, 2.75) is 45.8 Å². The Labute approximate surface area is 161 Å². The van der Waals surface area contributed by atoms with Crippen molar-refractivity contribution in [3.63, 3.8) is 0 Å². The lowest BCUT2D eigenvalue weighted by Gasteiger charge is -2.43. The summed E-state index contributed by atoms with van der Waals surface area (Å²) >= 11 is 0. The number of rotatable bonds is 5. The van der Waals surface area contributed by atoms with Crippen LogP contribution in [0.1, 0.15) is 55.5 Å². The average molecular weight is 367 g/mol. The van der Waals surface area contributed by atoms with Crippen LogP contribution in [0.15, 0.2) is 36.4 Å². The van der Waals surface area contributed by atoms with Crippen molar-refractivity contribution >= 4 is 5.69 Å². The number of benzene rings is 2. The minimum Gasteiger partial charge on any atom is -0.490 e. The van der Waals surface area contributed by atoms with Crippen molar-refractivity contribution in [2.75, 3.05) is 25.1 Å². The van der Waals surface area contributed by atoms with Crippen molar-refractivity contribution in [3.8, 4) is 11.5 Å². The minimum absolute atomic E-state index is 0.155. The zero-order valence-corrected chi connectivity index (χ0v) is 16.5. The molecule has 3 atom stereocenters. The van der Waals surface area contributed by atoms with Gasteiger partial charge in [0.1, 0.15) is 0 Å². The molecule has 0 spiro atoms. The Hall–Kier alpha value is -2.20. The first-order chi connectivity index (χ1) is 13.2. The molecule has 27 heavy (non-hydrogen) atoms. The second kappa shape index (κ2) is 7.81. The van der Waals surface area contributed by atoms with Crippen LogP contribution in [-0.4, -0.2) is 19.8 Å². The van der Waals surface area contributed by atoms with Crippen molar-refractivity contribution in [3.05, 3.63) is 53.1 Å². The molecule has 0 saturated carbocycles. The Kier molecular flexibility index (Phi) is 5.26. The van der Waals surface area contributed by atoms with Gasteiger partial charge < -0.3 is 19.5 Å². The number of fused-ring (bicyclic) bond motifs is 3. The molecule has 2 aliphatic heterocycles. The first-order valence-electron chi connectivity index (χ1n) is 10.1. The Balaban J connectivity index is 1.72. The van der Waals surface area contributed by atoms with Crippen molar-refractivity contribution in [1.29, 1.82) is 0 Å². The van der Waals surface area contributed by atoms with Crippen LogP contribution in [0.3, 0.4) is 0 Å². The van der Waals surface area contributed by atoms with Gasteiger partial charge in [0.25, 0.3) is 0 Å². The molecular weight excluding hydrogens is 338 g/mol. The van der Waals surface area contributed by atoms with Crippen LogP contribution < -0.4 is 14.8 Å². The van der Waals surface area contributed by atoms with E-state index in [2.05, 4.69) is 42.6 Å². The minimum atomic E-state index is 0.155. The van der Waals surface area contributed by atoms with Crippen LogP contribution in [0.2, 0.25) is 0 Å². The van der Waals surface area contributed by atoms with E-state index in [1.165, 1.54) is 22.4 Å². The van der Waals surface area contributed by atoms with Gasteiger partial charge in [-0.1, -0.05) is 23.8 Å². The van der Waals surface area contributed by atoms with Crippen LogP contribution in [0.4, 0.5) is 5.69 Å². The van der Waals surface area contributed by atoms with E-state index < -0.39 is 0 Å². The van der Waals surface area contributed by atoms with Gasteiger partial charge in [-0.2, -0.15) is 0 Å². The maximum Gasteiger partial charge on any atom is 0.161 e. The molecule has 0 bridgehead atoms. The van der Waals surface area contributed by atoms with E-state index in [1.54, 1.807) is 0 Å². The third kappa shape index (κ3) is 3.51. The van der Waals surface area contributed by atoms with Crippen LogP contribution >= 0.6 is 0 Å². The summed E-state index contributed by atoms with van der Waals surface area (Å²) in [4.78, 5) is 0. The number of anilines is 1. The molecule has 1 fully saturated rings. The SMILES string of the molecule is CCOc1ccc(C2Nc3ccc(C)cc3[C@H]3OCCC[C@@H]23)cc1OCC. The van der Waals surface area contributed by atoms with E-state index in [9.17, 15) is 0 Å². The van der Waals surface area contributed by atoms with Gasteiger partial charge >= 0.3 is 0 Å². The molecule has 0 aliphatic carbocycles. The van der Waals surface area contributed by atoms with Gasteiger partial charge in [-0.05, 0) is 57.4 Å². The highest BCUT2D eigenvalue weighted by Crippen LogP contribution is 2.50. The summed E-state index contributed by atoms with van der Waals surface area (Å²) in [5.41, 5.74) is 4.99. The van der Waals surface area contributed by atoms with E-state index >= 15 is 0 Å². The summed E-state index contributed by atoms with van der Waals surface area (Å²) in [5.74, 6) is 2.05. The average Bonchev–Trinajstić information content (AvgIpc) is 2.69. The Morgan fingerprint density at radius 2 is 1.85 bits per heavy atom. The second-order valence-electron chi connectivity index (χ2n) is 7.38. The van der Waals surface area contributed by atoms with E-state index in [-0.39, 0.29) is 12.1 Å². The fraction of sp³-hybridized carbons (Fsp3) is 0.478. The van der Waals surface area contributed by atoms with E-state index in [1.807, 2.05) is 19.9 Å². The normalized spacial score (nSPS) is 23.7. The molecule has 4 nitrogen and oxygen atoms in total. The van der Waals surface area contributed by atoms with E-state index in [0.717, 1.165) is 30.9 Å². The summed E-state index contributed by atoms with van der Waals surface area (Å²) in [6.45, 7) is 8.24. The molecule has 4 rings (SSSR count). The van der Waals surface area contributed by atoms with Gasteiger partial charge in [-0.3, -0.25) is 0 Å². The first-order valence-corrected chi connectivity index (χ1v) is 10.1. The van der Waals surface area contributed by atoms with Gasteiger partial charge in [-0.15, -0.1) is 0 Å². The van der Waals surface area contributed by atoms with E-state index in [0.29, 0.717) is 19.1 Å². The van der Waals surface area contributed by atoms with Crippen molar-refractivity contribution < 1.29 is 14.2 Å². The summed E-state index contributed by atoms with van der Waals surface area (Å²) < 4.78 is 17.9. The van der Waals surface area contributed by atoms with Gasteiger partial charge in [0.15, 0.2) is 11.5 Å². The zero-order valence-electron chi connectivity index (χ0n) is 16.5. The summed E-state index contributed by atoms with van der Waals surface area (Å²) in [6.07, 6.45) is 2.42. The first kappa shape index (κ1) is 18.2. The highest BCUT2D eigenvalue weighted by molar-refractivity contribution is 5.59. The Bertz CT molecular complexity index is 804. The van der Waals surface area contributed by atoms with Crippen LogP contribution in [0.25, 0.3) is 0 Å². The number of hydrogen-bond donors (Lipinski definition) is 1. The van der Waals surface area contributed by atoms with Crippen LogP contribution in [0, 0.1) is 12.8 Å². The second-order valence-corrected chi connectivity index (χ2v) is 7.38. The molecule has 144 valence electrons. The maximum absolute atomic E-state index is 6.26. The third-order valence-electron chi connectivity index (χ3n) is 5.55. The molecule has 1 unspecified atom stereocenters. The highest BCUT2D eigenvalue weighted by Gasteiger charge is 2.40. The summed E-state index contributed by atoms with van der Waals surface area (Å²) in [6, 6.07) is 13.2. The van der Waals surface area contributed by atoms with Crippen LogP contribution in [-0.2, 0) is 4.74 Å². The third-order valence-corrected chi connectivity index (χ3v) is 5.55. The molecule has 0 aromatic heterocycles. The number of aryl methyl sites for hydroxylation is 1. The molecule has 2 aromatic rings. The Morgan fingerprint density at radius 1 is 1.04 bits per heavy atom. The monoisotopic (exact) mass is 367 g/mol. The van der Waals surface area contributed by atoms with Crippen molar-refractivity contribution in [1.82, 2.24) is 0 Å². The molecule has 0 amide bonds. The lowest BCUT2D eigenvalue weighted by atomic mass is 9.77. The predicted octanol–water partition coefficient (Wildman–Crippen LogP) is 5.43. The van der Waals surface area contributed by atoms with Gasteiger partial charge in [-0.25, -0.2) is 0 Å². The molecule has 2 aliphatic rings. The van der Waals surface area contributed by atoms with Gasteiger partial charge in [0.05, 0.1) is 25.4 Å². The fourth-order valence-corrected chi connectivity index (χ4v) is 4.38. The lowest BCUT2D eigenvalue weighted by molar-refractivity contribution is -0.0381. The van der Waals surface area contributed by atoms with Gasteiger partial charge in [0, 0.05) is 23.8 Å². The fourth-order valence-electron chi connectivity index (χ4n) is 4.38. The lowest BCUT2D eigenvalue weighted by Crippen LogP contribution is -2.36. The molecule has 2 heterocycles. The van der Waals surface area contributed by atoms with Crippen LogP contribution in [0.5, 0.6) is 11.5 Å². The standard InChI is InChI=1S/C23H29NO3/c1-4-25-20-11-9-16(14-21(20)26-5-2)22-17-7-6-12-27-23(17)18-13-15(3)8-10-19(18)24-22/h8-11,13-14,17,22-24H,4-7,12H2,1-3H3/t17-,22?,23-/m0/s1. The molecule has 2 aromatic carbocycles. The topological polar surface area (TPSA) is 39.7 Å². The predicted molar refractivity (Wildman–Crippen MR) is 108 cm³/mol. The summed E-state index contributed by atoms with van der Waals surface area (Å²) in [5, 5.41) is 3.78. The van der Waals surface area contributed by atoms with E-state index in [4.69, 9.17) is 14.2 Å². The molecule has 1 N–H and O–H groups in total. The summed E-state index contributed by atoms with van der Waals surface area (Å²) in [7, 11) is 0. The quantitative estimate of drug-likeness (QED) is 0.765. The molecular formula is C23H29NO3. The maximum atomic E-state index is 6.26. The largest absolute Gasteiger partial charge is 0.490 e. The smallest absolute Gasteiger partial charge is 0.161 e. The highest BCUT2D eigenvalue weighted by atomic mass is 16.5. The molecule has 1 saturated heterocycles. The Morgan fingerprint density at radius 3 is 2.67 bits per heavy atom. The number of nitrogens with one attached hydrogen (secondary N) is 1. The number of hydrogen-bond acceptors (Lipinski definition) is 4.